The molecule has 1 saturated heterocycles. The number of thioether (sulfide) groups is 1. The highest BCUT2D eigenvalue weighted by Crippen LogP contribution is 2.23. The largest absolute Gasteiger partial charge is 0.480 e. The van der Waals surface area contributed by atoms with E-state index >= 15 is 0 Å². The number of aliphatic carboxylic acids is 1. The minimum atomic E-state index is -0.905. The topological polar surface area (TPSA) is 69.6 Å². The number of carboxylic acid groups (broad SMARTS) is 1. The van der Waals surface area contributed by atoms with Crippen LogP contribution in [0.15, 0.2) is 0 Å². The van der Waals surface area contributed by atoms with Gasteiger partial charge < -0.3 is 15.3 Å². The van der Waals surface area contributed by atoms with Gasteiger partial charge in [0, 0.05) is 13.1 Å². The van der Waals surface area contributed by atoms with E-state index in [1.807, 2.05) is 6.92 Å². The maximum absolute atomic E-state index is 11.9. The van der Waals surface area contributed by atoms with Crippen molar-refractivity contribution >= 4 is 23.8 Å². The van der Waals surface area contributed by atoms with E-state index in [-0.39, 0.29) is 11.9 Å². The molecule has 0 aromatic carbocycles. The highest BCUT2D eigenvalue weighted by Gasteiger charge is 2.39. The Kier molecular flexibility index (Phi) is 6.32. The molecule has 1 aliphatic heterocycles. The average Bonchev–Trinajstić information content (AvgIpc) is 2.70. The molecular weight excluding hydrogens is 252 g/mol. The second-order valence-electron chi connectivity index (χ2n) is 4.67. The van der Waals surface area contributed by atoms with Crippen molar-refractivity contribution in [2.24, 2.45) is 5.92 Å². The Labute approximate surface area is 112 Å². The number of urea groups is 1. The molecule has 0 spiro atoms. The smallest absolute Gasteiger partial charge is 0.326 e. The van der Waals surface area contributed by atoms with Crippen molar-refractivity contribution in [1.82, 2.24) is 10.2 Å². The molecule has 18 heavy (non-hydrogen) atoms. The van der Waals surface area contributed by atoms with Crippen LogP contribution in [-0.2, 0) is 4.79 Å². The van der Waals surface area contributed by atoms with Crippen molar-refractivity contribution < 1.29 is 14.7 Å². The van der Waals surface area contributed by atoms with Crippen LogP contribution >= 0.6 is 11.8 Å². The van der Waals surface area contributed by atoms with Crippen molar-refractivity contribution in [1.29, 1.82) is 0 Å². The fourth-order valence-corrected chi connectivity index (χ4v) is 2.71. The van der Waals surface area contributed by atoms with Crippen molar-refractivity contribution in [2.75, 3.05) is 25.1 Å². The molecule has 0 radical (unpaired) electrons. The quantitative estimate of drug-likeness (QED) is 0.722. The van der Waals surface area contributed by atoms with E-state index in [4.69, 9.17) is 5.11 Å². The van der Waals surface area contributed by atoms with E-state index in [0.29, 0.717) is 13.1 Å². The number of rotatable bonds is 6. The fourth-order valence-electron chi connectivity index (χ4n) is 2.22. The van der Waals surface area contributed by atoms with Gasteiger partial charge in [0.1, 0.15) is 6.04 Å². The Balaban J connectivity index is 2.34. The lowest BCUT2D eigenvalue weighted by Crippen LogP contribution is -2.47. The summed E-state index contributed by atoms with van der Waals surface area (Å²) < 4.78 is 0. The van der Waals surface area contributed by atoms with Crippen molar-refractivity contribution in [3.8, 4) is 0 Å². The summed E-state index contributed by atoms with van der Waals surface area (Å²) in [5.41, 5.74) is 0. The zero-order valence-corrected chi connectivity index (χ0v) is 11.8. The second kappa shape index (κ2) is 7.51. The summed E-state index contributed by atoms with van der Waals surface area (Å²) in [6.07, 6.45) is 4.83. The van der Waals surface area contributed by atoms with Gasteiger partial charge in [-0.3, -0.25) is 0 Å². The molecule has 2 N–H and O–H groups in total. The zero-order valence-electron chi connectivity index (χ0n) is 11.0. The number of carboxylic acids is 1. The van der Waals surface area contributed by atoms with E-state index in [1.165, 1.54) is 4.90 Å². The first-order valence-corrected chi connectivity index (χ1v) is 7.73. The highest BCUT2D eigenvalue weighted by atomic mass is 32.2. The predicted molar refractivity (Wildman–Crippen MR) is 72.9 cm³/mol. The van der Waals surface area contributed by atoms with Crippen molar-refractivity contribution in [3.05, 3.63) is 0 Å². The molecule has 0 aromatic rings. The molecule has 0 saturated carbocycles. The van der Waals surface area contributed by atoms with Crippen LogP contribution in [0.25, 0.3) is 0 Å². The number of likely N-dealkylation sites (tertiary alicyclic amines) is 1. The molecule has 1 fully saturated rings. The van der Waals surface area contributed by atoms with Crippen LogP contribution in [0.5, 0.6) is 0 Å². The van der Waals surface area contributed by atoms with Crippen LogP contribution in [0.4, 0.5) is 4.79 Å². The Hall–Kier alpha value is -0.910. The van der Waals surface area contributed by atoms with Gasteiger partial charge in [0.05, 0.1) is 0 Å². The summed E-state index contributed by atoms with van der Waals surface area (Å²) in [5.74, 6) is 0.219. The van der Waals surface area contributed by atoms with E-state index in [2.05, 4.69) is 11.6 Å². The standard InChI is InChI=1S/C12H22N2O3S/c1-9-5-7-14(10(9)11(15)16)12(17)13-6-3-4-8-18-2/h9-10H,3-8H2,1-2H3,(H,13,17)(H,15,16). The molecule has 1 rings (SSSR count). The van der Waals surface area contributed by atoms with Crippen LogP contribution in [0, 0.1) is 5.92 Å². The molecule has 1 heterocycles. The molecule has 0 aliphatic carbocycles. The molecule has 2 unspecified atom stereocenters. The lowest BCUT2D eigenvalue weighted by molar-refractivity contribution is -0.142. The number of unbranched alkanes of at least 4 members (excludes halogenated alkanes) is 1. The number of amides is 2. The summed E-state index contributed by atoms with van der Waals surface area (Å²) in [4.78, 5) is 24.4. The normalized spacial score (nSPS) is 23.1. The molecular formula is C12H22N2O3S. The third-order valence-corrected chi connectivity index (χ3v) is 3.96. The fraction of sp³-hybridized carbons (Fsp3) is 0.833. The third kappa shape index (κ3) is 4.08. The number of hydrogen-bond acceptors (Lipinski definition) is 3. The monoisotopic (exact) mass is 274 g/mol. The van der Waals surface area contributed by atoms with Gasteiger partial charge in [0.15, 0.2) is 0 Å². The Morgan fingerprint density at radius 3 is 2.78 bits per heavy atom. The SMILES string of the molecule is CSCCCCNC(=O)N1CCC(C)C1C(=O)O. The maximum atomic E-state index is 11.9. The van der Waals surface area contributed by atoms with Crippen LogP contribution < -0.4 is 5.32 Å². The van der Waals surface area contributed by atoms with Gasteiger partial charge in [-0.05, 0) is 37.2 Å². The molecule has 104 valence electrons. The minimum Gasteiger partial charge on any atom is -0.480 e. The van der Waals surface area contributed by atoms with Gasteiger partial charge in [-0.1, -0.05) is 6.92 Å². The molecule has 2 amide bonds. The van der Waals surface area contributed by atoms with Gasteiger partial charge in [-0.25, -0.2) is 9.59 Å². The van der Waals surface area contributed by atoms with Gasteiger partial charge in [-0.15, -0.1) is 0 Å². The number of carbonyl (C=O) groups excluding carboxylic acids is 1. The third-order valence-electron chi connectivity index (χ3n) is 3.27. The summed E-state index contributed by atoms with van der Waals surface area (Å²) in [6.45, 7) is 3.04. The number of nitrogens with zero attached hydrogens (tertiary/aromatic N) is 1. The molecule has 2 atom stereocenters. The summed E-state index contributed by atoms with van der Waals surface area (Å²) in [6, 6.07) is -0.910. The first-order valence-electron chi connectivity index (χ1n) is 6.34. The number of nitrogens with one attached hydrogen (secondary N) is 1. The molecule has 0 aromatic heterocycles. The number of hydrogen-bond donors (Lipinski definition) is 2. The zero-order chi connectivity index (χ0) is 13.5. The maximum Gasteiger partial charge on any atom is 0.326 e. The Morgan fingerprint density at radius 1 is 1.44 bits per heavy atom. The van der Waals surface area contributed by atoms with E-state index in [9.17, 15) is 9.59 Å². The van der Waals surface area contributed by atoms with Gasteiger partial charge >= 0.3 is 12.0 Å². The lowest BCUT2D eigenvalue weighted by Gasteiger charge is -2.23. The van der Waals surface area contributed by atoms with E-state index < -0.39 is 12.0 Å². The Morgan fingerprint density at radius 2 is 2.17 bits per heavy atom. The Bertz CT molecular complexity index is 299. The first-order chi connectivity index (χ1) is 8.57. The first kappa shape index (κ1) is 15.1. The van der Waals surface area contributed by atoms with Gasteiger partial charge in [0.2, 0.25) is 0 Å². The van der Waals surface area contributed by atoms with Gasteiger partial charge in [0.25, 0.3) is 0 Å². The lowest BCUT2D eigenvalue weighted by atomic mass is 10.0. The van der Waals surface area contributed by atoms with Crippen LogP contribution in [-0.4, -0.2) is 53.1 Å². The molecule has 0 bridgehead atoms. The van der Waals surface area contributed by atoms with Crippen LogP contribution in [0.3, 0.4) is 0 Å². The average molecular weight is 274 g/mol. The second-order valence-corrected chi connectivity index (χ2v) is 5.66. The molecule has 6 heteroatoms. The summed E-state index contributed by atoms with van der Waals surface area (Å²) in [5, 5.41) is 11.9. The highest BCUT2D eigenvalue weighted by molar-refractivity contribution is 7.98. The summed E-state index contributed by atoms with van der Waals surface area (Å²) in [7, 11) is 0. The van der Waals surface area contributed by atoms with Crippen molar-refractivity contribution in [3.63, 3.8) is 0 Å². The van der Waals surface area contributed by atoms with Crippen LogP contribution in [0.1, 0.15) is 26.2 Å². The molecule has 5 nitrogen and oxygen atoms in total. The predicted octanol–water partition coefficient (Wildman–Crippen LogP) is 1.63. The number of carbonyl (C=O) groups is 2. The summed E-state index contributed by atoms with van der Waals surface area (Å²) >= 11 is 1.79. The van der Waals surface area contributed by atoms with E-state index in [0.717, 1.165) is 25.0 Å². The van der Waals surface area contributed by atoms with Gasteiger partial charge in [-0.2, -0.15) is 11.8 Å². The van der Waals surface area contributed by atoms with Crippen molar-refractivity contribution in [2.45, 2.75) is 32.2 Å². The van der Waals surface area contributed by atoms with Crippen LogP contribution in [0.2, 0.25) is 0 Å². The molecule has 1 aliphatic rings. The van der Waals surface area contributed by atoms with E-state index in [1.54, 1.807) is 11.8 Å². The minimum absolute atomic E-state index is 0.0322.